The number of benzene rings is 1. The third-order valence-electron chi connectivity index (χ3n) is 2.84. The molecule has 0 atom stereocenters. The predicted octanol–water partition coefficient (Wildman–Crippen LogP) is 4.77. The van der Waals surface area contributed by atoms with E-state index in [2.05, 4.69) is 23.6 Å². The molecule has 2 rings (SSSR count). The maximum atomic E-state index is 12.1. The molecule has 0 bridgehead atoms. The van der Waals surface area contributed by atoms with Crippen molar-refractivity contribution in [1.29, 1.82) is 0 Å². The lowest BCUT2D eigenvalue weighted by Gasteiger charge is -2.09. The molecule has 0 unspecified atom stereocenters. The molecule has 0 aliphatic heterocycles. The minimum absolute atomic E-state index is 0.236. The highest BCUT2D eigenvalue weighted by molar-refractivity contribution is 5.60. The van der Waals surface area contributed by atoms with E-state index in [9.17, 15) is 13.2 Å². The van der Waals surface area contributed by atoms with Crippen LogP contribution in [0.5, 0.6) is 5.75 Å². The van der Waals surface area contributed by atoms with Gasteiger partial charge in [0.15, 0.2) is 0 Å². The Labute approximate surface area is 115 Å². The lowest BCUT2D eigenvalue weighted by molar-refractivity contribution is -0.274. The van der Waals surface area contributed by atoms with Crippen molar-refractivity contribution in [3.05, 3.63) is 48.2 Å². The molecule has 1 heterocycles. The Kier molecular flexibility index (Phi) is 3.97. The van der Waals surface area contributed by atoms with Crippen LogP contribution in [-0.2, 0) is 0 Å². The third kappa shape index (κ3) is 3.73. The van der Waals surface area contributed by atoms with Crippen molar-refractivity contribution in [3.63, 3.8) is 0 Å². The van der Waals surface area contributed by atoms with Crippen molar-refractivity contribution in [1.82, 2.24) is 4.98 Å². The van der Waals surface area contributed by atoms with Crippen molar-refractivity contribution < 1.29 is 17.9 Å². The van der Waals surface area contributed by atoms with Gasteiger partial charge in [0.05, 0.1) is 5.69 Å². The predicted molar refractivity (Wildman–Crippen MR) is 70.4 cm³/mol. The number of ether oxygens (including phenoxy) is 1. The molecule has 0 aliphatic rings. The zero-order chi connectivity index (χ0) is 14.8. The summed E-state index contributed by atoms with van der Waals surface area (Å²) in [4.78, 5) is 4.31. The zero-order valence-corrected chi connectivity index (χ0v) is 11.1. The first-order valence-electron chi connectivity index (χ1n) is 6.17. The van der Waals surface area contributed by atoms with Crippen molar-refractivity contribution in [2.75, 3.05) is 0 Å². The van der Waals surface area contributed by atoms with E-state index in [1.54, 1.807) is 18.3 Å². The largest absolute Gasteiger partial charge is 0.573 e. The molecule has 0 spiro atoms. The van der Waals surface area contributed by atoms with E-state index >= 15 is 0 Å². The van der Waals surface area contributed by atoms with Gasteiger partial charge < -0.3 is 4.74 Å². The molecule has 20 heavy (non-hydrogen) atoms. The van der Waals surface area contributed by atoms with E-state index in [0.717, 1.165) is 11.1 Å². The molecule has 106 valence electrons. The average molecular weight is 281 g/mol. The molecular formula is C15H14F3NO. The standard InChI is InChI=1S/C15H14F3NO/c1-10(2)12-5-8-14(19-9-12)11-3-6-13(7-4-11)20-15(16,17)18/h3-10H,1-2H3. The van der Waals surface area contributed by atoms with Gasteiger partial charge in [0.25, 0.3) is 0 Å². The first-order chi connectivity index (χ1) is 9.35. The number of hydrogen-bond acceptors (Lipinski definition) is 2. The van der Waals surface area contributed by atoms with Gasteiger partial charge in [-0.2, -0.15) is 0 Å². The van der Waals surface area contributed by atoms with Gasteiger partial charge in [-0.25, -0.2) is 0 Å². The minimum Gasteiger partial charge on any atom is -0.406 e. The molecule has 0 saturated carbocycles. The van der Waals surface area contributed by atoms with E-state index in [0.29, 0.717) is 11.6 Å². The van der Waals surface area contributed by atoms with Gasteiger partial charge in [0.2, 0.25) is 0 Å². The molecule has 2 aromatic rings. The summed E-state index contributed by atoms with van der Waals surface area (Å²) < 4.78 is 40.0. The van der Waals surface area contributed by atoms with Gasteiger partial charge in [-0.1, -0.05) is 19.9 Å². The Morgan fingerprint density at radius 3 is 2.10 bits per heavy atom. The molecule has 0 aliphatic carbocycles. The Morgan fingerprint density at radius 1 is 1.00 bits per heavy atom. The number of alkyl halides is 3. The number of nitrogens with zero attached hydrogens (tertiary/aromatic N) is 1. The van der Waals surface area contributed by atoms with E-state index in [1.165, 1.54) is 12.1 Å². The quantitative estimate of drug-likeness (QED) is 0.808. The number of pyridine rings is 1. The summed E-state index contributed by atoms with van der Waals surface area (Å²) in [5.41, 5.74) is 2.58. The van der Waals surface area contributed by atoms with Crippen LogP contribution >= 0.6 is 0 Å². The highest BCUT2D eigenvalue weighted by Crippen LogP contribution is 2.26. The van der Waals surface area contributed by atoms with Gasteiger partial charge in [-0.15, -0.1) is 13.2 Å². The van der Waals surface area contributed by atoms with E-state index in [1.807, 2.05) is 12.1 Å². The van der Waals surface area contributed by atoms with E-state index in [-0.39, 0.29) is 5.75 Å². The fourth-order valence-electron chi connectivity index (χ4n) is 1.74. The molecule has 2 nitrogen and oxygen atoms in total. The van der Waals surface area contributed by atoms with Gasteiger partial charge in [-0.3, -0.25) is 4.98 Å². The van der Waals surface area contributed by atoms with Gasteiger partial charge in [0, 0.05) is 11.8 Å². The molecular weight excluding hydrogens is 267 g/mol. The highest BCUT2D eigenvalue weighted by atomic mass is 19.4. The second-order valence-corrected chi connectivity index (χ2v) is 4.70. The van der Waals surface area contributed by atoms with Crippen LogP contribution in [0.15, 0.2) is 42.6 Å². The Bertz CT molecular complexity index is 559. The number of halogens is 3. The summed E-state index contributed by atoms with van der Waals surface area (Å²) in [7, 11) is 0. The molecule has 0 N–H and O–H groups in total. The summed E-state index contributed by atoms with van der Waals surface area (Å²) in [5, 5.41) is 0. The summed E-state index contributed by atoms with van der Waals surface area (Å²) in [6.45, 7) is 4.14. The van der Waals surface area contributed by atoms with Crippen LogP contribution in [-0.4, -0.2) is 11.3 Å². The van der Waals surface area contributed by atoms with Gasteiger partial charge >= 0.3 is 6.36 Å². The summed E-state index contributed by atoms with van der Waals surface area (Å²) in [6, 6.07) is 9.49. The Balaban J connectivity index is 2.17. The fraction of sp³-hybridized carbons (Fsp3) is 0.267. The maximum absolute atomic E-state index is 12.1. The summed E-state index contributed by atoms with van der Waals surface area (Å²) >= 11 is 0. The first kappa shape index (κ1) is 14.4. The molecule has 0 radical (unpaired) electrons. The van der Waals surface area contributed by atoms with Crippen molar-refractivity contribution in [3.8, 4) is 17.0 Å². The van der Waals surface area contributed by atoms with Gasteiger partial charge in [0.1, 0.15) is 5.75 Å². The average Bonchev–Trinajstić information content (AvgIpc) is 2.38. The van der Waals surface area contributed by atoms with Crippen molar-refractivity contribution >= 4 is 0 Å². The molecule has 1 aromatic carbocycles. The topological polar surface area (TPSA) is 22.1 Å². The fourth-order valence-corrected chi connectivity index (χ4v) is 1.74. The normalized spacial score (nSPS) is 11.7. The van der Waals surface area contributed by atoms with Crippen LogP contribution in [0.3, 0.4) is 0 Å². The van der Waals surface area contributed by atoms with Crippen LogP contribution < -0.4 is 4.74 Å². The number of aromatic nitrogens is 1. The Morgan fingerprint density at radius 2 is 1.65 bits per heavy atom. The van der Waals surface area contributed by atoms with Crippen molar-refractivity contribution in [2.24, 2.45) is 0 Å². The monoisotopic (exact) mass is 281 g/mol. The summed E-state index contributed by atoms with van der Waals surface area (Å²) in [5.74, 6) is 0.152. The lowest BCUT2D eigenvalue weighted by atomic mass is 10.0. The highest BCUT2D eigenvalue weighted by Gasteiger charge is 2.30. The second kappa shape index (κ2) is 5.53. The number of hydrogen-bond donors (Lipinski definition) is 0. The van der Waals surface area contributed by atoms with Crippen LogP contribution in [0.2, 0.25) is 0 Å². The van der Waals surface area contributed by atoms with Crippen LogP contribution in [0, 0.1) is 0 Å². The molecule has 1 aromatic heterocycles. The third-order valence-corrected chi connectivity index (χ3v) is 2.84. The maximum Gasteiger partial charge on any atom is 0.573 e. The molecule has 0 fully saturated rings. The smallest absolute Gasteiger partial charge is 0.406 e. The lowest BCUT2D eigenvalue weighted by Crippen LogP contribution is -2.16. The Hall–Kier alpha value is -2.04. The van der Waals surface area contributed by atoms with Crippen LogP contribution in [0.4, 0.5) is 13.2 Å². The van der Waals surface area contributed by atoms with Crippen molar-refractivity contribution in [2.45, 2.75) is 26.1 Å². The molecule has 0 saturated heterocycles. The van der Waals surface area contributed by atoms with Crippen LogP contribution in [0.25, 0.3) is 11.3 Å². The van der Waals surface area contributed by atoms with Crippen LogP contribution in [0.1, 0.15) is 25.3 Å². The van der Waals surface area contributed by atoms with E-state index in [4.69, 9.17) is 0 Å². The molecule has 0 amide bonds. The zero-order valence-electron chi connectivity index (χ0n) is 11.1. The second-order valence-electron chi connectivity index (χ2n) is 4.70. The summed E-state index contributed by atoms with van der Waals surface area (Å²) in [6.07, 6.45) is -2.89. The molecule has 5 heteroatoms. The minimum atomic E-state index is -4.67. The number of rotatable bonds is 3. The van der Waals surface area contributed by atoms with E-state index < -0.39 is 6.36 Å². The SMILES string of the molecule is CC(C)c1ccc(-c2ccc(OC(F)(F)F)cc2)nc1. The first-order valence-corrected chi connectivity index (χ1v) is 6.17. The van der Waals surface area contributed by atoms with Gasteiger partial charge in [-0.05, 0) is 41.8 Å².